The van der Waals surface area contributed by atoms with Crippen molar-refractivity contribution in [2.45, 2.75) is 0 Å². The Morgan fingerprint density at radius 1 is 0.314 bits per heavy atom. The molecule has 4 aliphatic rings. The van der Waals surface area contributed by atoms with Gasteiger partial charge in [0.15, 0.2) is 0 Å². The van der Waals surface area contributed by atoms with Crippen LogP contribution in [0.3, 0.4) is 0 Å². The first-order valence-corrected chi connectivity index (χ1v) is 23.8. The number of benzene rings is 11. The SMILES string of the molecule is c1ccc(Oc2ccc3c4c5c(cc3c2)N(c2ccccc2)c2ccccc2B5c2cc3c(cc2O4)Oc2c4c(cc5cc(Oc6ccccc6)ccc25)N(c2ccccc2)c2ccccc2B34)cc1. The molecule has 0 aromatic heterocycles. The van der Waals surface area contributed by atoms with Crippen molar-refractivity contribution in [2.75, 3.05) is 9.80 Å². The van der Waals surface area contributed by atoms with Gasteiger partial charge in [-0.2, -0.15) is 0 Å². The predicted molar refractivity (Wildman–Crippen MR) is 286 cm³/mol. The highest BCUT2D eigenvalue weighted by molar-refractivity contribution is 7.02. The van der Waals surface area contributed by atoms with E-state index in [1.165, 1.54) is 10.9 Å². The summed E-state index contributed by atoms with van der Waals surface area (Å²) in [6, 6.07) is 80.7. The summed E-state index contributed by atoms with van der Waals surface area (Å²) in [6.45, 7) is -0.278. The van der Waals surface area contributed by atoms with E-state index in [0.717, 1.165) is 124 Å². The van der Waals surface area contributed by atoms with Crippen molar-refractivity contribution in [3.8, 4) is 46.0 Å². The lowest BCUT2D eigenvalue weighted by molar-refractivity contribution is 0.470. The molecule has 326 valence electrons. The van der Waals surface area contributed by atoms with Gasteiger partial charge in [-0.05, 0) is 153 Å². The number of rotatable bonds is 6. The van der Waals surface area contributed by atoms with Crippen molar-refractivity contribution >= 4 is 102 Å². The lowest BCUT2D eigenvalue weighted by Gasteiger charge is -2.42. The fourth-order valence-electron chi connectivity index (χ4n) is 11.5. The van der Waals surface area contributed by atoms with E-state index in [4.69, 9.17) is 18.9 Å². The zero-order valence-corrected chi connectivity index (χ0v) is 37.6. The molecule has 11 aromatic carbocycles. The molecule has 0 saturated heterocycles. The molecule has 0 bridgehead atoms. The Bertz CT molecular complexity index is 3680. The molecule has 4 aliphatic heterocycles. The summed E-state index contributed by atoms with van der Waals surface area (Å²) in [7, 11) is 0. The second-order valence-corrected chi connectivity index (χ2v) is 18.3. The van der Waals surface area contributed by atoms with Gasteiger partial charge in [0.1, 0.15) is 46.0 Å². The van der Waals surface area contributed by atoms with Gasteiger partial charge in [-0.15, -0.1) is 0 Å². The lowest BCUT2D eigenvalue weighted by Crippen LogP contribution is -2.63. The van der Waals surface area contributed by atoms with Gasteiger partial charge < -0.3 is 28.7 Å². The molecule has 70 heavy (non-hydrogen) atoms. The van der Waals surface area contributed by atoms with Crippen LogP contribution >= 0.6 is 0 Å². The largest absolute Gasteiger partial charge is 0.458 e. The minimum atomic E-state index is -0.139. The molecule has 11 aromatic rings. The first-order chi connectivity index (χ1) is 34.7. The lowest BCUT2D eigenvalue weighted by atomic mass is 9.31. The third-order valence-corrected chi connectivity index (χ3v) is 14.4. The monoisotopic (exact) mass is 896 g/mol. The molecule has 0 amide bonds. The van der Waals surface area contributed by atoms with Crippen molar-refractivity contribution < 1.29 is 18.9 Å². The fourth-order valence-corrected chi connectivity index (χ4v) is 11.5. The third kappa shape index (κ3) is 5.90. The van der Waals surface area contributed by atoms with Crippen LogP contribution in [0.2, 0.25) is 0 Å². The van der Waals surface area contributed by atoms with Crippen molar-refractivity contribution in [2.24, 2.45) is 0 Å². The Kier molecular flexibility index (Phi) is 8.45. The number of para-hydroxylation sites is 6. The number of fused-ring (bicyclic) bond motifs is 12. The van der Waals surface area contributed by atoms with Crippen molar-refractivity contribution in [3.63, 3.8) is 0 Å². The Balaban J connectivity index is 0.959. The van der Waals surface area contributed by atoms with E-state index in [1.807, 2.05) is 72.8 Å². The van der Waals surface area contributed by atoms with Gasteiger partial charge in [0, 0.05) is 51.0 Å². The zero-order valence-electron chi connectivity index (χ0n) is 37.6. The van der Waals surface area contributed by atoms with E-state index >= 15 is 0 Å². The van der Waals surface area contributed by atoms with Gasteiger partial charge in [-0.25, -0.2) is 0 Å². The predicted octanol–water partition coefficient (Wildman–Crippen LogP) is 12.4. The molecule has 0 atom stereocenters. The first-order valence-electron chi connectivity index (χ1n) is 23.8. The third-order valence-electron chi connectivity index (χ3n) is 14.4. The average Bonchev–Trinajstić information content (AvgIpc) is 3.41. The van der Waals surface area contributed by atoms with Crippen LogP contribution < -0.4 is 61.5 Å². The molecule has 0 unspecified atom stereocenters. The molecular formula is C62H38B2N2O4. The molecule has 0 radical (unpaired) electrons. The van der Waals surface area contributed by atoms with Crippen molar-refractivity contribution in [3.05, 3.63) is 231 Å². The van der Waals surface area contributed by atoms with Crippen molar-refractivity contribution in [1.29, 1.82) is 0 Å². The highest BCUT2D eigenvalue weighted by Gasteiger charge is 2.47. The maximum atomic E-state index is 7.39. The Labute approximate surface area is 405 Å². The summed E-state index contributed by atoms with van der Waals surface area (Å²) in [5.74, 6) is 6.31. The van der Waals surface area contributed by atoms with Gasteiger partial charge in [0.05, 0.1) is 0 Å². The molecule has 4 heterocycles. The summed E-state index contributed by atoms with van der Waals surface area (Å²) >= 11 is 0. The maximum absolute atomic E-state index is 7.39. The maximum Gasteiger partial charge on any atom is 0.256 e. The summed E-state index contributed by atoms with van der Waals surface area (Å²) < 4.78 is 27.6. The van der Waals surface area contributed by atoms with Crippen LogP contribution in [0.25, 0.3) is 21.5 Å². The molecule has 0 aliphatic carbocycles. The summed E-state index contributed by atoms with van der Waals surface area (Å²) in [6.07, 6.45) is 0. The average molecular weight is 897 g/mol. The van der Waals surface area contributed by atoms with Crippen LogP contribution in [-0.2, 0) is 0 Å². The number of hydrogen-bond donors (Lipinski definition) is 0. The summed E-state index contributed by atoms with van der Waals surface area (Å²) in [5.41, 5.74) is 13.5. The summed E-state index contributed by atoms with van der Waals surface area (Å²) in [4.78, 5) is 4.79. The van der Waals surface area contributed by atoms with E-state index in [2.05, 4.69) is 168 Å². The topological polar surface area (TPSA) is 43.4 Å². The van der Waals surface area contributed by atoms with Gasteiger partial charge >= 0.3 is 0 Å². The molecule has 6 nitrogen and oxygen atoms in total. The quantitative estimate of drug-likeness (QED) is 0.155. The molecule has 15 rings (SSSR count). The van der Waals surface area contributed by atoms with Gasteiger partial charge in [-0.1, -0.05) is 115 Å². The van der Waals surface area contributed by atoms with Crippen LogP contribution in [0, 0.1) is 0 Å². The second kappa shape index (κ2) is 15.2. The van der Waals surface area contributed by atoms with Gasteiger partial charge in [0.25, 0.3) is 13.4 Å². The van der Waals surface area contributed by atoms with Crippen molar-refractivity contribution in [1.82, 2.24) is 0 Å². The molecule has 0 spiro atoms. The van der Waals surface area contributed by atoms with Crippen LogP contribution in [-0.4, -0.2) is 13.4 Å². The van der Waals surface area contributed by atoms with Crippen LogP contribution in [0.5, 0.6) is 46.0 Å². The molecule has 0 fully saturated rings. The highest BCUT2D eigenvalue weighted by atomic mass is 16.5. The molecule has 0 N–H and O–H groups in total. The second-order valence-electron chi connectivity index (χ2n) is 18.3. The van der Waals surface area contributed by atoms with E-state index in [0.29, 0.717) is 0 Å². The molecule has 8 heteroatoms. The molecular weight excluding hydrogens is 858 g/mol. The minimum Gasteiger partial charge on any atom is -0.458 e. The van der Waals surface area contributed by atoms with Crippen LogP contribution in [0.15, 0.2) is 231 Å². The highest BCUT2D eigenvalue weighted by Crippen LogP contribution is 2.48. The number of nitrogens with zero attached hydrogens (tertiary/aromatic N) is 2. The van der Waals surface area contributed by atoms with E-state index < -0.39 is 0 Å². The minimum absolute atomic E-state index is 0.139. The van der Waals surface area contributed by atoms with E-state index in [9.17, 15) is 0 Å². The number of ether oxygens (including phenoxy) is 4. The Morgan fingerprint density at radius 3 is 1.16 bits per heavy atom. The molecule has 0 saturated carbocycles. The number of anilines is 6. The van der Waals surface area contributed by atoms with Crippen LogP contribution in [0.1, 0.15) is 0 Å². The zero-order chi connectivity index (χ0) is 45.9. The normalized spacial score (nSPS) is 13.3. The summed E-state index contributed by atoms with van der Waals surface area (Å²) in [5, 5.41) is 4.06. The smallest absolute Gasteiger partial charge is 0.256 e. The first kappa shape index (κ1) is 38.9. The van der Waals surface area contributed by atoms with Gasteiger partial charge in [-0.3, -0.25) is 0 Å². The van der Waals surface area contributed by atoms with E-state index in [-0.39, 0.29) is 13.4 Å². The fraction of sp³-hybridized carbons (Fsp3) is 0. The Morgan fingerprint density at radius 2 is 0.714 bits per heavy atom. The Hall–Kier alpha value is -9.13. The van der Waals surface area contributed by atoms with Crippen LogP contribution in [0.4, 0.5) is 34.1 Å². The van der Waals surface area contributed by atoms with E-state index in [1.54, 1.807) is 0 Å². The number of hydrogen-bond acceptors (Lipinski definition) is 6. The van der Waals surface area contributed by atoms with Gasteiger partial charge in [0.2, 0.25) is 0 Å². The standard InChI is InChI=1S/C62H38B2N2O4/c1-5-17-41(18-6-1)65-53-27-15-13-25-49(53)63-51-37-52-58(38-57(51)69-61-47-31-29-45(67-43-21-9-3-10-22-43)33-39(47)35-55(65)59(61)63)70-62-48-32-30-46(68-44-23-11-4-12-24-44)34-40(48)36-56-60(62)64(52)50-26-14-16-28-54(50)66(56)42-19-7-2-8-20-42/h1-38H.